The molecule has 6 heteroatoms. The second kappa shape index (κ2) is 8.50. The number of hydrogen-bond donors (Lipinski definition) is 2. The number of rotatable bonds is 7. The lowest BCUT2D eigenvalue weighted by Crippen LogP contribution is -2.18. The number of hydrogen-bond acceptors (Lipinski definition) is 5. The summed E-state index contributed by atoms with van der Waals surface area (Å²) in [7, 11) is 0. The normalized spacial score (nSPS) is 17.1. The standard InChI is InChI=1S/C22H26N4O2/c27-14-16-8-10-18(11-9-16)24-21(28)20-12-19(17-4-2-1-3-5-17)25-22(26-20)23-13-15-6-7-15/h8-12,14-15,17H,1-7,13H2,(H,24,28)(H,23,25,26). The highest BCUT2D eigenvalue weighted by Crippen LogP contribution is 2.33. The highest BCUT2D eigenvalue weighted by Gasteiger charge is 2.23. The van der Waals surface area contributed by atoms with Crippen molar-refractivity contribution in [1.82, 2.24) is 9.97 Å². The van der Waals surface area contributed by atoms with Crippen LogP contribution in [-0.2, 0) is 0 Å². The molecule has 2 aliphatic rings. The summed E-state index contributed by atoms with van der Waals surface area (Å²) in [6.07, 6.45) is 9.22. The van der Waals surface area contributed by atoms with Crippen molar-refractivity contribution >= 4 is 23.8 Å². The van der Waals surface area contributed by atoms with Gasteiger partial charge in [0.15, 0.2) is 0 Å². The van der Waals surface area contributed by atoms with Crippen molar-refractivity contribution in [2.45, 2.75) is 50.9 Å². The van der Waals surface area contributed by atoms with Gasteiger partial charge in [-0.1, -0.05) is 19.3 Å². The topological polar surface area (TPSA) is 84.0 Å². The van der Waals surface area contributed by atoms with Crippen LogP contribution in [0.4, 0.5) is 11.6 Å². The summed E-state index contributed by atoms with van der Waals surface area (Å²) < 4.78 is 0. The second-order valence-electron chi connectivity index (χ2n) is 7.85. The predicted octanol–water partition coefficient (Wildman–Crippen LogP) is 4.41. The fourth-order valence-electron chi connectivity index (χ4n) is 3.67. The summed E-state index contributed by atoms with van der Waals surface area (Å²) >= 11 is 0. The van der Waals surface area contributed by atoms with Crippen molar-refractivity contribution in [3.8, 4) is 0 Å². The van der Waals surface area contributed by atoms with Crippen LogP contribution in [0.2, 0.25) is 0 Å². The number of aldehydes is 1. The molecule has 6 nitrogen and oxygen atoms in total. The Bertz CT molecular complexity index is 840. The molecule has 1 heterocycles. The van der Waals surface area contributed by atoms with Gasteiger partial charge < -0.3 is 10.6 Å². The van der Waals surface area contributed by atoms with Gasteiger partial charge in [-0.3, -0.25) is 9.59 Å². The third kappa shape index (κ3) is 4.74. The van der Waals surface area contributed by atoms with Crippen LogP contribution in [0.5, 0.6) is 0 Å². The van der Waals surface area contributed by atoms with E-state index in [-0.39, 0.29) is 5.91 Å². The number of carbonyl (C=O) groups excluding carboxylic acids is 2. The number of benzene rings is 1. The first-order valence-corrected chi connectivity index (χ1v) is 10.2. The average molecular weight is 378 g/mol. The van der Waals surface area contributed by atoms with Crippen LogP contribution >= 0.6 is 0 Å². The Kier molecular flexibility index (Phi) is 5.65. The maximum absolute atomic E-state index is 12.8. The summed E-state index contributed by atoms with van der Waals surface area (Å²) in [6, 6.07) is 8.64. The number of aromatic nitrogens is 2. The monoisotopic (exact) mass is 378 g/mol. The first-order valence-electron chi connectivity index (χ1n) is 10.2. The highest BCUT2D eigenvalue weighted by molar-refractivity contribution is 6.03. The molecular weight excluding hydrogens is 352 g/mol. The lowest BCUT2D eigenvalue weighted by Gasteiger charge is -2.22. The van der Waals surface area contributed by atoms with Crippen molar-refractivity contribution in [3.63, 3.8) is 0 Å². The Morgan fingerprint density at radius 3 is 2.46 bits per heavy atom. The van der Waals surface area contributed by atoms with Crippen LogP contribution in [0, 0.1) is 5.92 Å². The molecule has 0 spiro atoms. The van der Waals surface area contributed by atoms with E-state index in [4.69, 9.17) is 4.98 Å². The van der Waals surface area contributed by atoms with E-state index in [1.807, 2.05) is 6.07 Å². The van der Waals surface area contributed by atoms with E-state index < -0.39 is 0 Å². The van der Waals surface area contributed by atoms with E-state index >= 15 is 0 Å². The zero-order valence-electron chi connectivity index (χ0n) is 16.0. The summed E-state index contributed by atoms with van der Waals surface area (Å²) in [5, 5.41) is 6.19. The number of carbonyl (C=O) groups is 2. The molecule has 2 saturated carbocycles. The molecule has 1 amide bonds. The first-order chi connectivity index (χ1) is 13.7. The van der Waals surface area contributed by atoms with Crippen LogP contribution in [-0.4, -0.2) is 28.7 Å². The molecule has 1 aromatic heterocycles. The minimum atomic E-state index is -0.257. The van der Waals surface area contributed by atoms with Gasteiger partial charge in [0.2, 0.25) is 5.95 Å². The Labute approximate surface area is 165 Å². The molecule has 1 aromatic carbocycles. The number of anilines is 2. The summed E-state index contributed by atoms with van der Waals surface area (Å²) in [6.45, 7) is 0.863. The number of nitrogens with one attached hydrogen (secondary N) is 2. The van der Waals surface area contributed by atoms with E-state index in [9.17, 15) is 9.59 Å². The average Bonchev–Trinajstić information content (AvgIpc) is 3.58. The molecule has 0 radical (unpaired) electrons. The van der Waals surface area contributed by atoms with Crippen molar-refractivity contribution in [1.29, 1.82) is 0 Å². The summed E-state index contributed by atoms with van der Waals surface area (Å²) in [4.78, 5) is 32.8. The van der Waals surface area contributed by atoms with E-state index in [2.05, 4.69) is 15.6 Å². The van der Waals surface area contributed by atoms with Gasteiger partial charge in [0.1, 0.15) is 12.0 Å². The minimum Gasteiger partial charge on any atom is -0.354 e. The fraction of sp³-hybridized carbons (Fsp3) is 0.455. The molecule has 0 atom stereocenters. The Morgan fingerprint density at radius 2 is 1.79 bits per heavy atom. The maximum atomic E-state index is 12.8. The molecule has 0 unspecified atom stereocenters. The van der Waals surface area contributed by atoms with E-state index in [1.54, 1.807) is 24.3 Å². The predicted molar refractivity (Wildman–Crippen MR) is 109 cm³/mol. The largest absolute Gasteiger partial charge is 0.354 e. The number of nitrogens with zero attached hydrogens (tertiary/aromatic N) is 2. The van der Waals surface area contributed by atoms with Crippen LogP contribution in [0.15, 0.2) is 30.3 Å². The van der Waals surface area contributed by atoms with Gasteiger partial charge in [0, 0.05) is 29.4 Å². The molecule has 146 valence electrons. The Morgan fingerprint density at radius 1 is 1.04 bits per heavy atom. The van der Waals surface area contributed by atoms with Crippen LogP contribution in [0.25, 0.3) is 0 Å². The smallest absolute Gasteiger partial charge is 0.274 e. The summed E-state index contributed by atoms with van der Waals surface area (Å²) in [5.41, 5.74) is 2.56. The molecule has 0 aliphatic heterocycles. The van der Waals surface area contributed by atoms with Crippen molar-refractivity contribution < 1.29 is 9.59 Å². The molecule has 2 N–H and O–H groups in total. The van der Waals surface area contributed by atoms with Gasteiger partial charge in [-0.2, -0.15) is 0 Å². The number of amides is 1. The Balaban J connectivity index is 1.54. The molecule has 4 rings (SSSR count). The third-order valence-corrected chi connectivity index (χ3v) is 5.55. The fourth-order valence-corrected chi connectivity index (χ4v) is 3.67. The molecule has 2 aliphatic carbocycles. The second-order valence-corrected chi connectivity index (χ2v) is 7.85. The van der Waals surface area contributed by atoms with Crippen molar-refractivity contribution in [2.24, 2.45) is 5.92 Å². The maximum Gasteiger partial charge on any atom is 0.274 e. The van der Waals surface area contributed by atoms with Gasteiger partial charge in [0.05, 0.1) is 0 Å². The van der Waals surface area contributed by atoms with Gasteiger partial charge in [-0.05, 0) is 61.9 Å². The van der Waals surface area contributed by atoms with E-state index in [0.29, 0.717) is 34.7 Å². The molecule has 2 fully saturated rings. The molecule has 2 aromatic rings. The van der Waals surface area contributed by atoms with Crippen LogP contribution in [0.3, 0.4) is 0 Å². The minimum absolute atomic E-state index is 0.257. The van der Waals surface area contributed by atoms with Crippen molar-refractivity contribution in [2.75, 3.05) is 17.2 Å². The van der Waals surface area contributed by atoms with Gasteiger partial charge >= 0.3 is 0 Å². The van der Waals surface area contributed by atoms with Gasteiger partial charge in [0.25, 0.3) is 5.91 Å². The van der Waals surface area contributed by atoms with Crippen LogP contribution in [0.1, 0.15) is 77.4 Å². The first kappa shape index (κ1) is 18.6. The quantitative estimate of drug-likeness (QED) is 0.697. The third-order valence-electron chi connectivity index (χ3n) is 5.55. The molecular formula is C22H26N4O2. The van der Waals surface area contributed by atoms with Gasteiger partial charge in [-0.25, -0.2) is 9.97 Å². The van der Waals surface area contributed by atoms with E-state index in [0.717, 1.165) is 31.4 Å². The lowest BCUT2D eigenvalue weighted by molar-refractivity contribution is 0.102. The lowest BCUT2D eigenvalue weighted by atomic mass is 9.86. The zero-order valence-corrected chi connectivity index (χ0v) is 16.0. The van der Waals surface area contributed by atoms with E-state index in [1.165, 1.54) is 32.1 Å². The molecule has 0 bridgehead atoms. The molecule has 28 heavy (non-hydrogen) atoms. The van der Waals surface area contributed by atoms with Crippen molar-refractivity contribution in [3.05, 3.63) is 47.3 Å². The Hall–Kier alpha value is -2.76. The zero-order chi connectivity index (χ0) is 19.3. The SMILES string of the molecule is O=Cc1ccc(NC(=O)c2cc(C3CCCCC3)nc(NCC3CC3)n2)cc1. The van der Waals surface area contributed by atoms with Crippen LogP contribution < -0.4 is 10.6 Å². The van der Waals surface area contributed by atoms with Gasteiger partial charge in [-0.15, -0.1) is 0 Å². The highest BCUT2D eigenvalue weighted by atomic mass is 16.1. The summed E-state index contributed by atoms with van der Waals surface area (Å²) in [5.74, 6) is 1.40. The molecule has 0 saturated heterocycles.